The molecule has 1 amide bonds. The van der Waals surface area contributed by atoms with Crippen molar-refractivity contribution in [1.29, 1.82) is 0 Å². The van der Waals surface area contributed by atoms with Gasteiger partial charge in [-0.2, -0.15) is 0 Å². The molecule has 4 heteroatoms. The van der Waals surface area contributed by atoms with Crippen molar-refractivity contribution in [2.75, 3.05) is 7.05 Å². The lowest BCUT2D eigenvalue weighted by Crippen LogP contribution is -2.51. The largest absolute Gasteiger partial charge is 0.345 e. The lowest BCUT2D eigenvalue weighted by Gasteiger charge is -2.23. The number of rotatable bonds is 9. The van der Waals surface area contributed by atoms with Crippen molar-refractivity contribution < 1.29 is 9.59 Å². The van der Waals surface area contributed by atoms with Gasteiger partial charge in [0.15, 0.2) is 5.78 Å². The second kappa shape index (κ2) is 10.0. The summed E-state index contributed by atoms with van der Waals surface area (Å²) in [6, 6.07) is 17.1. The van der Waals surface area contributed by atoms with E-state index in [0.717, 1.165) is 11.1 Å². The van der Waals surface area contributed by atoms with Crippen LogP contribution >= 0.6 is 0 Å². The van der Waals surface area contributed by atoms with Crippen LogP contribution < -0.4 is 10.6 Å². The molecule has 0 aliphatic carbocycles. The Labute approximate surface area is 162 Å². The molecule has 0 aromatic heterocycles. The van der Waals surface area contributed by atoms with E-state index in [1.807, 2.05) is 75.4 Å². The number of benzene rings is 2. The molecule has 0 saturated heterocycles. The molecule has 0 saturated carbocycles. The van der Waals surface area contributed by atoms with E-state index in [4.69, 9.17) is 0 Å². The molecule has 2 unspecified atom stereocenters. The first-order chi connectivity index (χ1) is 12.9. The molecule has 0 spiro atoms. The van der Waals surface area contributed by atoms with Gasteiger partial charge in [0.05, 0.1) is 12.1 Å². The van der Waals surface area contributed by atoms with Gasteiger partial charge in [0.1, 0.15) is 0 Å². The highest BCUT2D eigenvalue weighted by molar-refractivity contribution is 5.92. The summed E-state index contributed by atoms with van der Waals surface area (Å²) in [6.45, 7) is 5.77. The molecule has 0 aliphatic heterocycles. The Kier molecular flexibility index (Phi) is 7.74. The zero-order valence-electron chi connectivity index (χ0n) is 16.7. The van der Waals surface area contributed by atoms with Crippen molar-refractivity contribution in [2.45, 2.75) is 45.7 Å². The number of Topliss-reactive ketones (excluding diaryl/α,β-unsaturated/α-hetero) is 1. The fourth-order valence-electron chi connectivity index (χ4n) is 3.03. The van der Waals surface area contributed by atoms with Gasteiger partial charge in [-0.25, -0.2) is 0 Å². The quantitative estimate of drug-likeness (QED) is 0.717. The van der Waals surface area contributed by atoms with Crippen LogP contribution in [0.5, 0.6) is 0 Å². The number of carbonyl (C=O) groups excluding carboxylic acids is 2. The minimum absolute atomic E-state index is 0.0542. The van der Waals surface area contributed by atoms with Gasteiger partial charge < -0.3 is 10.6 Å². The van der Waals surface area contributed by atoms with Crippen LogP contribution in [-0.2, 0) is 22.4 Å². The highest BCUT2D eigenvalue weighted by atomic mass is 16.2. The van der Waals surface area contributed by atoms with Gasteiger partial charge in [0, 0.05) is 5.92 Å². The lowest BCUT2D eigenvalue weighted by molar-refractivity contribution is -0.130. The zero-order valence-corrected chi connectivity index (χ0v) is 16.7. The summed E-state index contributed by atoms with van der Waals surface area (Å²) in [5, 5.41) is 6.05. The monoisotopic (exact) mass is 366 g/mol. The smallest absolute Gasteiger partial charge is 0.238 e. The van der Waals surface area contributed by atoms with Crippen LogP contribution in [0, 0.1) is 12.8 Å². The van der Waals surface area contributed by atoms with Crippen LogP contribution in [0.4, 0.5) is 0 Å². The molecule has 0 aliphatic rings. The van der Waals surface area contributed by atoms with Crippen LogP contribution in [0.15, 0.2) is 54.6 Å². The number of nitrogens with one attached hydrogen (secondary N) is 2. The van der Waals surface area contributed by atoms with Gasteiger partial charge in [-0.3, -0.25) is 9.59 Å². The Hall–Kier alpha value is -2.46. The predicted octanol–water partition coefficient (Wildman–Crippen LogP) is 3.08. The Morgan fingerprint density at radius 3 is 1.96 bits per heavy atom. The zero-order chi connectivity index (χ0) is 19.8. The summed E-state index contributed by atoms with van der Waals surface area (Å²) in [6.07, 6.45) is 1.08. The first kappa shape index (κ1) is 20.8. The molecule has 144 valence electrons. The van der Waals surface area contributed by atoms with Gasteiger partial charge in [0.2, 0.25) is 5.91 Å². The molecule has 2 atom stereocenters. The Balaban J connectivity index is 2.11. The van der Waals surface area contributed by atoms with Crippen molar-refractivity contribution in [3.63, 3.8) is 0 Å². The third kappa shape index (κ3) is 6.33. The summed E-state index contributed by atoms with van der Waals surface area (Å²) in [7, 11) is 1.77. The summed E-state index contributed by atoms with van der Waals surface area (Å²) >= 11 is 0. The van der Waals surface area contributed by atoms with Crippen molar-refractivity contribution in [3.8, 4) is 0 Å². The summed E-state index contributed by atoms with van der Waals surface area (Å²) in [5.74, 6) is -0.228. The molecular formula is C23H30N2O2. The number of ketones is 1. The normalized spacial score (nSPS) is 13.2. The number of hydrogen-bond donors (Lipinski definition) is 2. The standard InChI is InChI=1S/C23H30N2O2/c1-16(2)22(26)20(14-19-12-10-17(3)11-13-19)25-23(27)21(24-4)15-18-8-6-5-7-9-18/h5-13,16,20-21,24H,14-15H2,1-4H3,(H,25,27). The summed E-state index contributed by atoms with van der Waals surface area (Å²) in [5.41, 5.74) is 3.30. The van der Waals surface area contributed by atoms with Gasteiger partial charge in [-0.15, -0.1) is 0 Å². The molecule has 2 aromatic rings. The second-order valence-electron chi connectivity index (χ2n) is 7.34. The van der Waals surface area contributed by atoms with E-state index >= 15 is 0 Å². The SMILES string of the molecule is CNC(Cc1ccccc1)C(=O)NC(Cc1ccc(C)cc1)C(=O)C(C)C. The van der Waals surface area contributed by atoms with Crippen LogP contribution in [0.25, 0.3) is 0 Å². The predicted molar refractivity (Wildman–Crippen MR) is 110 cm³/mol. The van der Waals surface area contributed by atoms with Gasteiger partial charge in [-0.1, -0.05) is 74.0 Å². The average molecular weight is 367 g/mol. The Morgan fingerprint density at radius 1 is 0.852 bits per heavy atom. The maximum absolute atomic E-state index is 12.8. The number of amides is 1. The Bertz CT molecular complexity index is 739. The second-order valence-corrected chi connectivity index (χ2v) is 7.34. The van der Waals surface area contributed by atoms with Crippen LogP contribution in [0.3, 0.4) is 0 Å². The maximum Gasteiger partial charge on any atom is 0.238 e. The Morgan fingerprint density at radius 2 is 1.41 bits per heavy atom. The first-order valence-electron chi connectivity index (χ1n) is 9.51. The van der Waals surface area contributed by atoms with Gasteiger partial charge in [0.25, 0.3) is 0 Å². The van der Waals surface area contributed by atoms with Crippen LogP contribution in [-0.4, -0.2) is 30.8 Å². The molecule has 2 rings (SSSR count). The van der Waals surface area contributed by atoms with E-state index in [-0.39, 0.29) is 23.7 Å². The minimum atomic E-state index is -0.521. The molecule has 0 fully saturated rings. The molecule has 4 nitrogen and oxygen atoms in total. The fourth-order valence-corrected chi connectivity index (χ4v) is 3.03. The topological polar surface area (TPSA) is 58.2 Å². The van der Waals surface area contributed by atoms with E-state index in [1.54, 1.807) is 7.05 Å². The molecule has 0 bridgehead atoms. The number of hydrogen-bond acceptors (Lipinski definition) is 3. The number of carbonyl (C=O) groups is 2. The molecule has 2 N–H and O–H groups in total. The highest BCUT2D eigenvalue weighted by Gasteiger charge is 2.26. The summed E-state index contributed by atoms with van der Waals surface area (Å²) in [4.78, 5) is 25.5. The maximum atomic E-state index is 12.8. The van der Waals surface area contributed by atoms with Crippen LogP contribution in [0.1, 0.15) is 30.5 Å². The van der Waals surface area contributed by atoms with E-state index in [9.17, 15) is 9.59 Å². The van der Waals surface area contributed by atoms with Crippen LogP contribution in [0.2, 0.25) is 0 Å². The number of likely N-dealkylation sites (N-methyl/N-ethyl adjacent to an activating group) is 1. The van der Waals surface area contributed by atoms with E-state index in [0.29, 0.717) is 12.8 Å². The molecule has 0 heterocycles. The minimum Gasteiger partial charge on any atom is -0.345 e. The van der Waals surface area contributed by atoms with Gasteiger partial charge in [-0.05, 0) is 37.9 Å². The lowest BCUT2D eigenvalue weighted by atomic mass is 9.94. The van der Waals surface area contributed by atoms with Crippen molar-refractivity contribution in [3.05, 3.63) is 71.3 Å². The fraction of sp³-hybridized carbons (Fsp3) is 0.391. The summed E-state index contributed by atoms with van der Waals surface area (Å²) < 4.78 is 0. The van der Waals surface area contributed by atoms with E-state index in [2.05, 4.69) is 10.6 Å². The third-order valence-electron chi connectivity index (χ3n) is 4.74. The molecular weight excluding hydrogens is 336 g/mol. The van der Waals surface area contributed by atoms with E-state index < -0.39 is 6.04 Å². The van der Waals surface area contributed by atoms with Gasteiger partial charge >= 0.3 is 0 Å². The van der Waals surface area contributed by atoms with Crippen molar-refractivity contribution in [2.24, 2.45) is 5.92 Å². The molecule has 0 radical (unpaired) electrons. The third-order valence-corrected chi connectivity index (χ3v) is 4.74. The molecule has 27 heavy (non-hydrogen) atoms. The average Bonchev–Trinajstić information content (AvgIpc) is 2.67. The first-order valence-corrected chi connectivity index (χ1v) is 9.51. The highest BCUT2D eigenvalue weighted by Crippen LogP contribution is 2.11. The number of aryl methyl sites for hydroxylation is 1. The molecule has 2 aromatic carbocycles. The van der Waals surface area contributed by atoms with Crippen molar-refractivity contribution >= 4 is 11.7 Å². The van der Waals surface area contributed by atoms with Crippen molar-refractivity contribution in [1.82, 2.24) is 10.6 Å². The van der Waals surface area contributed by atoms with E-state index in [1.165, 1.54) is 5.56 Å².